The second-order valence-corrected chi connectivity index (χ2v) is 6.52. The van der Waals surface area contributed by atoms with Gasteiger partial charge >= 0.3 is 6.09 Å². The van der Waals surface area contributed by atoms with E-state index < -0.39 is 0 Å². The Morgan fingerprint density at radius 1 is 1.08 bits per heavy atom. The highest BCUT2D eigenvalue weighted by atomic mass is 35.5. The molecule has 0 unspecified atom stereocenters. The van der Waals surface area contributed by atoms with Gasteiger partial charge in [-0.25, -0.2) is 4.79 Å². The molecule has 0 bridgehead atoms. The number of halogens is 1. The van der Waals surface area contributed by atoms with Crippen molar-refractivity contribution in [3.63, 3.8) is 0 Å². The summed E-state index contributed by atoms with van der Waals surface area (Å²) in [5, 5.41) is 3.39. The van der Waals surface area contributed by atoms with Gasteiger partial charge in [-0.15, -0.1) is 12.4 Å². The minimum atomic E-state index is -0.172. The molecule has 0 aromatic heterocycles. The van der Waals surface area contributed by atoms with Crippen molar-refractivity contribution in [2.45, 2.75) is 19.4 Å². The molecule has 0 atom stereocenters. The Morgan fingerprint density at radius 2 is 1.75 bits per heavy atom. The van der Waals surface area contributed by atoms with Gasteiger partial charge in [0.2, 0.25) is 0 Å². The quantitative estimate of drug-likeness (QED) is 0.902. The van der Waals surface area contributed by atoms with E-state index in [9.17, 15) is 4.79 Å². The molecule has 1 amide bonds. The minimum Gasteiger partial charge on any atom is -0.445 e. The number of hydrogen-bond donors (Lipinski definition) is 1. The fourth-order valence-corrected chi connectivity index (χ4v) is 3.37. The summed E-state index contributed by atoms with van der Waals surface area (Å²) in [4.78, 5) is 16.6. The predicted octanol–water partition coefficient (Wildman–Crippen LogP) is 2.36. The Balaban J connectivity index is 0.00000208. The average Bonchev–Trinajstić information content (AvgIpc) is 2.62. The van der Waals surface area contributed by atoms with Crippen LogP contribution in [0.1, 0.15) is 18.4 Å². The molecule has 2 fully saturated rings. The molecular weight excluding hydrogens is 326 g/mol. The van der Waals surface area contributed by atoms with Gasteiger partial charge in [-0.2, -0.15) is 0 Å². The maximum absolute atomic E-state index is 12.2. The van der Waals surface area contributed by atoms with Crippen LogP contribution in [0.2, 0.25) is 0 Å². The van der Waals surface area contributed by atoms with E-state index in [1.165, 1.54) is 6.54 Å². The van der Waals surface area contributed by atoms with Crippen LogP contribution < -0.4 is 5.32 Å². The van der Waals surface area contributed by atoms with E-state index >= 15 is 0 Å². The first-order chi connectivity index (χ1) is 11.3. The molecule has 24 heavy (non-hydrogen) atoms. The number of piperazine rings is 1. The highest BCUT2D eigenvalue weighted by Gasteiger charge is 2.25. The standard InChI is InChI=1S/C18H27N3O2.ClH/c22-18(23-15-17-4-2-1-3-5-17)21-10-6-16(7-11-21)14-20-12-8-19-9-13-20;/h1-5,16,19H,6-15H2;1H. The first-order valence-electron chi connectivity index (χ1n) is 8.70. The molecule has 0 radical (unpaired) electrons. The van der Waals surface area contributed by atoms with Gasteiger partial charge in [0.15, 0.2) is 0 Å². The summed E-state index contributed by atoms with van der Waals surface area (Å²) in [6.07, 6.45) is 2.00. The summed E-state index contributed by atoms with van der Waals surface area (Å²) in [6, 6.07) is 9.85. The maximum atomic E-state index is 12.2. The summed E-state index contributed by atoms with van der Waals surface area (Å²) >= 11 is 0. The molecule has 2 heterocycles. The minimum absolute atomic E-state index is 0. The Bertz CT molecular complexity index is 486. The fraction of sp³-hybridized carbons (Fsp3) is 0.611. The van der Waals surface area contributed by atoms with Gasteiger partial charge < -0.3 is 19.9 Å². The predicted molar refractivity (Wildman–Crippen MR) is 97.5 cm³/mol. The number of carbonyl (C=O) groups is 1. The Kier molecular flexibility index (Phi) is 7.82. The summed E-state index contributed by atoms with van der Waals surface area (Å²) in [5.74, 6) is 0.714. The zero-order valence-electron chi connectivity index (χ0n) is 14.2. The second kappa shape index (κ2) is 9.87. The van der Waals surface area contributed by atoms with E-state index in [-0.39, 0.29) is 18.5 Å². The largest absolute Gasteiger partial charge is 0.445 e. The normalized spacial score (nSPS) is 19.6. The van der Waals surface area contributed by atoms with E-state index in [1.54, 1.807) is 0 Å². The van der Waals surface area contributed by atoms with Crippen molar-refractivity contribution in [2.24, 2.45) is 5.92 Å². The monoisotopic (exact) mass is 353 g/mol. The zero-order chi connectivity index (χ0) is 15.9. The first kappa shape index (κ1) is 19.0. The van der Waals surface area contributed by atoms with Crippen LogP contribution in [0.15, 0.2) is 30.3 Å². The summed E-state index contributed by atoms with van der Waals surface area (Å²) in [5.41, 5.74) is 1.04. The number of nitrogens with zero attached hydrogens (tertiary/aromatic N) is 2. The first-order valence-corrected chi connectivity index (χ1v) is 8.70. The van der Waals surface area contributed by atoms with Gasteiger partial charge in [0.1, 0.15) is 6.61 Å². The molecule has 5 nitrogen and oxygen atoms in total. The van der Waals surface area contributed by atoms with E-state index in [4.69, 9.17) is 4.74 Å². The zero-order valence-corrected chi connectivity index (χ0v) is 15.0. The molecule has 0 spiro atoms. The van der Waals surface area contributed by atoms with Crippen LogP contribution in [-0.4, -0.2) is 61.7 Å². The molecule has 3 rings (SSSR count). The molecule has 1 N–H and O–H groups in total. The second-order valence-electron chi connectivity index (χ2n) is 6.52. The van der Waals surface area contributed by atoms with Crippen molar-refractivity contribution >= 4 is 18.5 Å². The van der Waals surface area contributed by atoms with E-state index in [0.29, 0.717) is 12.5 Å². The summed E-state index contributed by atoms with van der Waals surface area (Å²) in [7, 11) is 0. The molecule has 0 saturated carbocycles. The number of nitrogens with one attached hydrogen (secondary N) is 1. The van der Waals surface area contributed by atoms with Crippen LogP contribution in [-0.2, 0) is 11.3 Å². The molecule has 134 valence electrons. The topological polar surface area (TPSA) is 44.8 Å². The SMILES string of the molecule is Cl.O=C(OCc1ccccc1)N1CCC(CN2CCNCC2)CC1. The molecule has 2 aliphatic rings. The Labute approximate surface area is 150 Å². The van der Waals surface area contributed by atoms with Crippen LogP contribution in [0, 0.1) is 5.92 Å². The highest BCUT2D eigenvalue weighted by molar-refractivity contribution is 5.85. The number of benzene rings is 1. The Hall–Kier alpha value is -1.30. The molecule has 0 aliphatic carbocycles. The highest BCUT2D eigenvalue weighted by Crippen LogP contribution is 2.19. The molecule has 1 aromatic carbocycles. The van der Waals surface area contributed by atoms with E-state index in [1.807, 2.05) is 35.2 Å². The lowest BCUT2D eigenvalue weighted by Gasteiger charge is -2.35. The molecular formula is C18H28ClN3O2. The van der Waals surface area contributed by atoms with Gasteiger partial charge in [0.05, 0.1) is 0 Å². The number of ether oxygens (including phenoxy) is 1. The number of amides is 1. The summed E-state index contributed by atoms with van der Waals surface area (Å²) in [6.45, 7) is 7.69. The third kappa shape index (κ3) is 5.65. The number of carbonyl (C=O) groups excluding carboxylic acids is 1. The Morgan fingerprint density at radius 3 is 2.42 bits per heavy atom. The van der Waals surface area contributed by atoms with Crippen LogP contribution in [0.5, 0.6) is 0 Å². The number of rotatable bonds is 4. The van der Waals surface area contributed by atoms with Crippen LogP contribution in [0.3, 0.4) is 0 Å². The van der Waals surface area contributed by atoms with Gasteiger partial charge in [0, 0.05) is 45.8 Å². The molecule has 6 heteroatoms. The van der Waals surface area contributed by atoms with Crippen molar-refractivity contribution in [1.82, 2.24) is 15.1 Å². The van der Waals surface area contributed by atoms with Gasteiger partial charge in [0.25, 0.3) is 0 Å². The third-order valence-electron chi connectivity index (χ3n) is 4.80. The lowest BCUT2D eigenvalue weighted by atomic mass is 9.96. The van der Waals surface area contributed by atoms with E-state index in [2.05, 4.69) is 10.2 Å². The number of hydrogen-bond acceptors (Lipinski definition) is 4. The lowest BCUT2D eigenvalue weighted by molar-refractivity contribution is 0.0763. The van der Waals surface area contributed by atoms with Crippen molar-refractivity contribution < 1.29 is 9.53 Å². The molecule has 2 saturated heterocycles. The fourth-order valence-electron chi connectivity index (χ4n) is 3.37. The lowest BCUT2D eigenvalue weighted by Crippen LogP contribution is -2.47. The van der Waals surface area contributed by atoms with E-state index in [0.717, 1.165) is 57.7 Å². The van der Waals surface area contributed by atoms with Gasteiger partial charge in [-0.05, 0) is 24.3 Å². The van der Waals surface area contributed by atoms with Gasteiger partial charge in [-0.1, -0.05) is 30.3 Å². The maximum Gasteiger partial charge on any atom is 0.410 e. The smallest absolute Gasteiger partial charge is 0.410 e. The van der Waals surface area contributed by atoms with Crippen LogP contribution in [0.25, 0.3) is 0 Å². The van der Waals surface area contributed by atoms with Crippen molar-refractivity contribution in [2.75, 3.05) is 45.8 Å². The summed E-state index contributed by atoms with van der Waals surface area (Å²) < 4.78 is 5.42. The van der Waals surface area contributed by atoms with Crippen LogP contribution >= 0.6 is 12.4 Å². The van der Waals surface area contributed by atoms with Crippen molar-refractivity contribution in [3.8, 4) is 0 Å². The molecule has 1 aromatic rings. The van der Waals surface area contributed by atoms with Crippen molar-refractivity contribution in [3.05, 3.63) is 35.9 Å². The average molecular weight is 354 g/mol. The number of piperidine rings is 1. The molecule has 2 aliphatic heterocycles. The third-order valence-corrected chi connectivity index (χ3v) is 4.80. The van der Waals surface area contributed by atoms with Gasteiger partial charge in [-0.3, -0.25) is 0 Å². The van der Waals surface area contributed by atoms with Crippen LogP contribution in [0.4, 0.5) is 4.79 Å². The van der Waals surface area contributed by atoms with Crippen molar-refractivity contribution in [1.29, 1.82) is 0 Å². The number of likely N-dealkylation sites (tertiary alicyclic amines) is 1.